The van der Waals surface area contributed by atoms with Crippen LogP contribution in [0.1, 0.15) is 52.1 Å². The molecule has 0 saturated heterocycles. The van der Waals surface area contributed by atoms with E-state index in [0.717, 1.165) is 53.6 Å². The number of carbonyl (C=O) groups excluding carboxylic acids is 1. The molecule has 2 aromatic carbocycles. The average molecular weight is 450 g/mol. The van der Waals surface area contributed by atoms with Crippen molar-refractivity contribution in [2.24, 2.45) is 7.05 Å². The predicted octanol–water partition coefficient (Wildman–Crippen LogP) is 3.87. The molecule has 4 rings (SSSR count). The Morgan fingerprint density at radius 2 is 1.97 bits per heavy atom. The number of aliphatic hydroxyl groups is 1. The van der Waals surface area contributed by atoms with Gasteiger partial charge in [0.15, 0.2) is 5.69 Å². The molecule has 0 saturated carbocycles. The third kappa shape index (κ3) is 5.31. The van der Waals surface area contributed by atoms with Crippen LogP contribution in [-0.4, -0.2) is 38.5 Å². The minimum Gasteiger partial charge on any atom is -0.508 e. The number of nitrogens with zero attached hydrogens (tertiary/aromatic N) is 2. The molecule has 6 nitrogen and oxygen atoms in total. The minimum atomic E-state index is -0.479. The molecule has 1 aromatic heterocycles. The standard InChI is InChI=1S/C26H28FN3O3/c1-30-25-19(13-18-5-4-7-20(27)14-18)6-2-3-8-23(25)24(29-30)26(33)28-21(16-31)15-17-9-11-22(32)12-10-17/h4-5,7,9-14,21,31-32H,2-3,6,8,15-16H2,1H3,(H,28,33)/b19-13+/t21-/m0/s1. The van der Waals surface area contributed by atoms with Gasteiger partial charge in [0.2, 0.25) is 0 Å². The molecule has 1 atom stereocenters. The van der Waals surface area contributed by atoms with E-state index in [-0.39, 0.29) is 24.1 Å². The summed E-state index contributed by atoms with van der Waals surface area (Å²) in [5.41, 5.74) is 4.86. The third-order valence-electron chi connectivity index (χ3n) is 5.95. The van der Waals surface area contributed by atoms with Gasteiger partial charge in [0, 0.05) is 12.6 Å². The summed E-state index contributed by atoms with van der Waals surface area (Å²) in [4.78, 5) is 13.2. The molecule has 1 aliphatic rings. The van der Waals surface area contributed by atoms with Gasteiger partial charge in [-0.15, -0.1) is 0 Å². The van der Waals surface area contributed by atoms with Gasteiger partial charge in [0.1, 0.15) is 11.6 Å². The highest BCUT2D eigenvalue weighted by molar-refractivity contribution is 5.96. The molecule has 7 heteroatoms. The zero-order valence-electron chi connectivity index (χ0n) is 18.6. The van der Waals surface area contributed by atoms with E-state index < -0.39 is 6.04 Å². The molecule has 0 aliphatic heterocycles. The molecular formula is C26H28FN3O3. The van der Waals surface area contributed by atoms with Crippen molar-refractivity contribution in [1.29, 1.82) is 0 Å². The lowest BCUT2D eigenvalue weighted by Crippen LogP contribution is -2.39. The summed E-state index contributed by atoms with van der Waals surface area (Å²) >= 11 is 0. The molecule has 0 fully saturated rings. The number of hydrogen-bond acceptors (Lipinski definition) is 4. The number of aromatic hydroxyl groups is 1. The first-order valence-electron chi connectivity index (χ1n) is 11.2. The van der Waals surface area contributed by atoms with Crippen molar-refractivity contribution < 1.29 is 19.4 Å². The van der Waals surface area contributed by atoms with Crippen LogP contribution in [0.4, 0.5) is 4.39 Å². The van der Waals surface area contributed by atoms with Gasteiger partial charge in [0.05, 0.1) is 18.3 Å². The molecule has 0 radical (unpaired) electrons. The Morgan fingerprint density at radius 1 is 1.21 bits per heavy atom. The van der Waals surface area contributed by atoms with Gasteiger partial charge < -0.3 is 15.5 Å². The summed E-state index contributed by atoms with van der Waals surface area (Å²) in [5, 5.41) is 26.7. The van der Waals surface area contributed by atoms with Crippen molar-refractivity contribution in [3.63, 3.8) is 0 Å². The molecule has 0 bridgehead atoms. The smallest absolute Gasteiger partial charge is 0.272 e. The van der Waals surface area contributed by atoms with Crippen LogP contribution in [0.3, 0.4) is 0 Å². The van der Waals surface area contributed by atoms with Crippen LogP contribution < -0.4 is 5.32 Å². The highest BCUT2D eigenvalue weighted by atomic mass is 19.1. The summed E-state index contributed by atoms with van der Waals surface area (Å²) < 4.78 is 15.4. The highest BCUT2D eigenvalue weighted by Gasteiger charge is 2.26. The molecule has 33 heavy (non-hydrogen) atoms. The molecule has 0 spiro atoms. The number of fused-ring (bicyclic) bond motifs is 1. The van der Waals surface area contributed by atoms with Crippen molar-refractivity contribution in [3.8, 4) is 5.75 Å². The fourth-order valence-corrected chi connectivity index (χ4v) is 4.39. The average Bonchev–Trinajstić information content (AvgIpc) is 2.98. The van der Waals surface area contributed by atoms with Gasteiger partial charge in [-0.2, -0.15) is 5.10 Å². The maximum atomic E-state index is 13.7. The van der Waals surface area contributed by atoms with Crippen LogP contribution in [0, 0.1) is 5.82 Å². The third-order valence-corrected chi connectivity index (χ3v) is 5.95. The summed E-state index contributed by atoms with van der Waals surface area (Å²) in [6.07, 6.45) is 5.85. The molecule has 0 unspecified atom stereocenters. The van der Waals surface area contributed by atoms with Gasteiger partial charge in [-0.3, -0.25) is 9.48 Å². The second kappa shape index (κ2) is 10.0. The minimum absolute atomic E-state index is 0.168. The van der Waals surface area contributed by atoms with E-state index in [0.29, 0.717) is 12.1 Å². The van der Waals surface area contributed by atoms with Crippen molar-refractivity contribution in [2.45, 2.75) is 38.1 Å². The van der Waals surface area contributed by atoms with Gasteiger partial charge in [0.25, 0.3) is 5.91 Å². The summed E-state index contributed by atoms with van der Waals surface area (Å²) in [6.45, 7) is -0.216. The number of benzene rings is 2. The second-order valence-electron chi connectivity index (χ2n) is 8.45. The first kappa shape index (κ1) is 22.7. The Hall–Kier alpha value is -3.45. The number of aliphatic hydroxyl groups excluding tert-OH is 1. The number of aryl methyl sites for hydroxylation is 1. The maximum Gasteiger partial charge on any atom is 0.272 e. The number of nitrogens with one attached hydrogen (secondary N) is 1. The lowest BCUT2D eigenvalue weighted by atomic mass is 10.0. The van der Waals surface area contributed by atoms with Crippen LogP contribution in [0.5, 0.6) is 5.75 Å². The van der Waals surface area contributed by atoms with E-state index in [1.54, 1.807) is 35.0 Å². The zero-order chi connectivity index (χ0) is 23.4. The number of phenols is 1. The summed E-state index contributed by atoms with van der Waals surface area (Å²) in [7, 11) is 1.82. The van der Waals surface area contributed by atoms with Crippen molar-refractivity contribution >= 4 is 17.6 Å². The summed E-state index contributed by atoms with van der Waals surface area (Å²) in [5.74, 6) is -0.440. The molecule has 1 amide bonds. The molecule has 1 heterocycles. The molecule has 172 valence electrons. The molecule has 1 aliphatic carbocycles. The topological polar surface area (TPSA) is 87.4 Å². The first-order chi connectivity index (χ1) is 15.9. The number of amides is 1. The largest absolute Gasteiger partial charge is 0.508 e. The Labute approximate surface area is 192 Å². The lowest BCUT2D eigenvalue weighted by molar-refractivity contribution is 0.0909. The number of halogens is 1. The molecular weight excluding hydrogens is 421 g/mol. The van der Waals surface area contributed by atoms with Crippen LogP contribution >= 0.6 is 0 Å². The first-order valence-corrected chi connectivity index (χ1v) is 11.2. The Balaban J connectivity index is 1.60. The SMILES string of the molecule is Cn1nc(C(=O)N[C@H](CO)Cc2ccc(O)cc2)c2c1/C(=C/c1cccc(F)c1)CCCC2. The van der Waals surface area contributed by atoms with Crippen LogP contribution in [0.15, 0.2) is 48.5 Å². The Morgan fingerprint density at radius 3 is 2.70 bits per heavy atom. The maximum absolute atomic E-state index is 13.7. The van der Waals surface area contributed by atoms with E-state index >= 15 is 0 Å². The van der Waals surface area contributed by atoms with Gasteiger partial charge >= 0.3 is 0 Å². The van der Waals surface area contributed by atoms with E-state index in [1.165, 1.54) is 12.1 Å². The zero-order valence-corrected chi connectivity index (χ0v) is 18.6. The predicted molar refractivity (Wildman–Crippen MR) is 125 cm³/mol. The fraction of sp³-hybridized carbons (Fsp3) is 0.308. The van der Waals surface area contributed by atoms with Gasteiger partial charge in [-0.1, -0.05) is 24.3 Å². The second-order valence-corrected chi connectivity index (χ2v) is 8.45. The van der Waals surface area contributed by atoms with Gasteiger partial charge in [-0.05, 0) is 79.1 Å². The Kier molecular flexibility index (Phi) is 6.89. The quantitative estimate of drug-likeness (QED) is 0.499. The number of carbonyl (C=O) groups is 1. The van der Waals surface area contributed by atoms with Gasteiger partial charge in [-0.25, -0.2) is 4.39 Å². The lowest BCUT2D eigenvalue weighted by Gasteiger charge is -2.16. The van der Waals surface area contributed by atoms with E-state index in [9.17, 15) is 19.4 Å². The van der Waals surface area contributed by atoms with Crippen LogP contribution in [0.25, 0.3) is 11.6 Å². The Bertz CT molecular complexity index is 1170. The number of hydrogen-bond donors (Lipinski definition) is 3. The molecule has 3 N–H and O–H groups in total. The van der Waals surface area contributed by atoms with E-state index in [4.69, 9.17) is 0 Å². The van der Waals surface area contributed by atoms with Crippen LogP contribution in [-0.2, 0) is 19.9 Å². The van der Waals surface area contributed by atoms with E-state index in [1.807, 2.05) is 19.2 Å². The van der Waals surface area contributed by atoms with Crippen molar-refractivity contribution in [2.75, 3.05) is 6.61 Å². The number of rotatable bonds is 6. The fourth-order valence-electron chi connectivity index (χ4n) is 4.39. The monoisotopic (exact) mass is 449 g/mol. The van der Waals surface area contributed by atoms with Crippen LogP contribution in [0.2, 0.25) is 0 Å². The van der Waals surface area contributed by atoms with Crippen molar-refractivity contribution in [1.82, 2.24) is 15.1 Å². The normalized spacial score (nSPS) is 15.7. The van der Waals surface area contributed by atoms with Crippen molar-refractivity contribution in [3.05, 3.63) is 82.4 Å². The highest BCUT2D eigenvalue weighted by Crippen LogP contribution is 2.33. The number of aromatic nitrogens is 2. The number of phenolic OH excluding ortho intramolecular Hbond substituents is 1. The van der Waals surface area contributed by atoms with E-state index in [2.05, 4.69) is 10.4 Å². The number of allylic oxidation sites excluding steroid dienone is 1. The molecule has 3 aromatic rings. The summed E-state index contributed by atoms with van der Waals surface area (Å²) in [6, 6.07) is 12.7.